The van der Waals surface area contributed by atoms with Crippen LogP contribution in [-0.4, -0.2) is 103 Å². The van der Waals surface area contributed by atoms with Gasteiger partial charge in [-0.3, -0.25) is 4.79 Å². The number of fused-ring (bicyclic) bond motifs is 1. The van der Waals surface area contributed by atoms with Crippen LogP contribution in [0, 0.1) is 11.8 Å². The van der Waals surface area contributed by atoms with Crippen molar-refractivity contribution in [1.29, 1.82) is 0 Å². The number of aliphatic hydroxyl groups excluding tert-OH is 1. The van der Waals surface area contributed by atoms with Gasteiger partial charge in [-0.15, -0.1) is 11.8 Å². The van der Waals surface area contributed by atoms with Crippen molar-refractivity contribution in [2.45, 2.75) is 56.9 Å². The maximum Gasteiger partial charge on any atom is 0.422 e. The molecule has 276 valence electrons. The summed E-state index contributed by atoms with van der Waals surface area (Å²) in [6, 6.07) is 12.2. The van der Waals surface area contributed by atoms with Gasteiger partial charge in [-0.25, -0.2) is 19.1 Å². The molecular formula is C33H40N4O12S2. The summed E-state index contributed by atoms with van der Waals surface area (Å²) in [6.45, 7) is 2.76. The number of carbonyl (C=O) groups excluding carboxylic acids is 3. The number of likely N-dealkylation sites (tertiary alicyclic amines) is 1. The van der Waals surface area contributed by atoms with E-state index in [4.69, 9.17) is 18.9 Å². The molecule has 3 aliphatic rings. The number of aliphatic carboxylic acids is 1. The van der Waals surface area contributed by atoms with E-state index in [0.717, 1.165) is 0 Å². The fourth-order valence-corrected chi connectivity index (χ4v) is 8.76. The highest BCUT2D eigenvalue weighted by Crippen LogP contribution is 2.52. The zero-order valence-corrected chi connectivity index (χ0v) is 29.9. The monoisotopic (exact) mass is 748 g/mol. The van der Waals surface area contributed by atoms with Crippen molar-refractivity contribution >= 4 is 46.0 Å². The third-order valence-corrected chi connectivity index (χ3v) is 11.5. The molecule has 6 atom stereocenters. The van der Waals surface area contributed by atoms with Gasteiger partial charge < -0.3 is 39.0 Å². The number of hydrogen-bond acceptors (Lipinski definition) is 12. The van der Waals surface area contributed by atoms with Gasteiger partial charge >= 0.3 is 28.4 Å². The Balaban J connectivity index is 1.26. The number of nitrogens with zero attached hydrogens (tertiary/aromatic N) is 2. The predicted octanol–water partition coefficient (Wildman–Crippen LogP) is 2.43. The average Bonchev–Trinajstić information content (AvgIpc) is 3.61. The second-order valence-corrected chi connectivity index (χ2v) is 15.2. The number of ether oxygens (including phenoxy) is 4. The molecule has 0 aliphatic carbocycles. The molecule has 0 spiro atoms. The Hall–Kier alpha value is -4.52. The van der Waals surface area contributed by atoms with Gasteiger partial charge in [0.1, 0.15) is 30.4 Å². The molecule has 5 rings (SSSR count). The molecule has 2 saturated heterocycles. The minimum Gasteiger partial charge on any atom is -0.497 e. The van der Waals surface area contributed by atoms with Gasteiger partial charge in [-0.05, 0) is 48.7 Å². The van der Waals surface area contributed by atoms with Crippen LogP contribution >= 0.6 is 11.8 Å². The maximum absolute atomic E-state index is 13.4. The molecule has 3 amide bonds. The van der Waals surface area contributed by atoms with E-state index in [2.05, 4.69) is 4.72 Å². The van der Waals surface area contributed by atoms with Gasteiger partial charge in [0.15, 0.2) is 0 Å². The summed E-state index contributed by atoms with van der Waals surface area (Å²) in [6.07, 6.45) is -2.69. The van der Waals surface area contributed by atoms with E-state index in [1.165, 1.54) is 42.7 Å². The van der Waals surface area contributed by atoms with Gasteiger partial charge in [-0.1, -0.05) is 31.2 Å². The number of carboxylic acid groups (broad SMARTS) is 1. The zero-order valence-electron chi connectivity index (χ0n) is 28.3. The number of methoxy groups -OCH3 is 2. The third kappa shape index (κ3) is 8.52. The molecule has 0 bridgehead atoms. The number of carbonyl (C=O) groups is 4. The first-order chi connectivity index (χ1) is 24.2. The number of nitrogens with one attached hydrogen (secondary N) is 2. The smallest absolute Gasteiger partial charge is 0.422 e. The van der Waals surface area contributed by atoms with E-state index in [0.29, 0.717) is 27.5 Å². The minimum absolute atomic E-state index is 0.0669. The van der Waals surface area contributed by atoms with Crippen molar-refractivity contribution in [3.63, 3.8) is 0 Å². The number of aliphatic hydroxyl groups is 1. The highest BCUT2D eigenvalue weighted by molar-refractivity contribution is 8.03. The third-order valence-electron chi connectivity index (χ3n) is 8.99. The number of amides is 3. The van der Waals surface area contributed by atoms with Crippen molar-refractivity contribution in [2.24, 2.45) is 11.8 Å². The Morgan fingerprint density at radius 2 is 1.55 bits per heavy atom. The van der Waals surface area contributed by atoms with Crippen LogP contribution in [0.15, 0.2) is 59.1 Å². The summed E-state index contributed by atoms with van der Waals surface area (Å²) < 4.78 is 50.6. The fourth-order valence-electron chi connectivity index (χ4n) is 6.44. The van der Waals surface area contributed by atoms with Crippen molar-refractivity contribution in [3.8, 4) is 11.5 Å². The lowest BCUT2D eigenvalue weighted by Crippen LogP contribution is -2.63. The highest BCUT2D eigenvalue weighted by atomic mass is 32.2. The summed E-state index contributed by atoms with van der Waals surface area (Å²) in [4.78, 5) is 53.9. The van der Waals surface area contributed by atoms with Gasteiger partial charge in [0.05, 0.1) is 32.3 Å². The molecule has 3 aliphatic heterocycles. The van der Waals surface area contributed by atoms with E-state index >= 15 is 0 Å². The lowest BCUT2D eigenvalue weighted by Gasteiger charge is -2.46. The lowest BCUT2D eigenvalue weighted by molar-refractivity contribution is -0.163. The number of carboxylic acids is 1. The normalized spacial score (nSPS) is 23.3. The standard InChI is InChI=1S/C33H40N4O12S2/c1-18-27-26(19(2)38)30(39)37(27)28(31(40)41)29(18)50-25-13-22(36(15-25)33(43)49-17-21-7-11-24(47-4)12-8-21)14-34-51(44,45)35-32(42)48-16-20-5-9-23(46-3)10-6-20/h5-12,18-19,22,25-27,34,38H,13-17H2,1-4H3,(H,35,42)(H,40,41)/t18-,19-,22+,25+,26-,27-/m1/s1. The van der Waals surface area contributed by atoms with Crippen LogP contribution in [0.4, 0.5) is 9.59 Å². The molecule has 4 N–H and O–H groups in total. The van der Waals surface area contributed by atoms with E-state index in [9.17, 15) is 37.8 Å². The first kappa shape index (κ1) is 37.7. The van der Waals surface area contributed by atoms with E-state index in [-0.39, 0.29) is 38.4 Å². The Labute approximate surface area is 299 Å². The van der Waals surface area contributed by atoms with Gasteiger partial charge in [0.2, 0.25) is 5.91 Å². The molecule has 0 radical (unpaired) electrons. The Morgan fingerprint density at radius 3 is 2.08 bits per heavy atom. The summed E-state index contributed by atoms with van der Waals surface area (Å²) in [5, 5.41) is 19.8. The highest BCUT2D eigenvalue weighted by Gasteiger charge is 2.60. The first-order valence-electron chi connectivity index (χ1n) is 16.0. The molecule has 2 fully saturated rings. The van der Waals surface area contributed by atoms with E-state index in [1.807, 2.05) is 0 Å². The topological polar surface area (TPSA) is 210 Å². The fraction of sp³-hybridized carbons (Fsp3) is 0.455. The van der Waals surface area contributed by atoms with E-state index in [1.54, 1.807) is 60.2 Å². The van der Waals surface area contributed by atoms with Crippen LogP contribution in [-0.2, 0) is 42.5 Å². The Bertz CT molecular complexity index is 1770. The number of thioether (sulfide) groups is 1. The predicted molar refractivity (Wildman–Crippen MR) is 183 cm³/mol. The van der Waals surface area contributed by atoms with E-state index < -0.39 is 69.5 Å². The van der Waals surface area contributed by atoms with Gasteiger partial charge in [-0.2, -0.15) is 13.1 Å². The van der Waals surface area contributed by atoms with Crippen LogP contribution < -0.4 is 18.9 Å². The van der Waals surface area contributed by atoms with Crippen molar-refractivity contribution in [2.75, 3.05) is 27.3 Å². The lowest BCUT2D eigenvalue weighted by atomic mass is 9.79. The summed E-state index contributed by atoms with van der Waals surface area (Å²) in [5.74, 6) is -1.67. The maximum atomic E-state index is 13.4. The molecule has 2 aromatic rings. The summed E-state index contributed by atoms with van der Waals surface area (Å²) in [5.41, 5.74) is 1.12. The largest absolute Gasteiger partial charge is 0.497 e. The molecule has 51 heavy (non-hydrogen) atoms. The summed E-state index contributed by atoms with van der Waals surface area (Å²) in [7, 11) is -1.40. The average molecular weight is 749 g/mol. The Morgan fingerprint density at radius 1 is 0.980 bits per heavy atom. The number of hydrogen-bond donors (Lipinski definition) is 4. The zero-order chi connectivity index (χ0) is 37.0. The first-order valence-corrected chi connectivity index (χ1v) is 18.4. The Kier molecular flexibility index (Phi) is 11.7. The molecule has 0 unspecified atom stereocenters. The molecule has 16 nitrogen and oxygen atoms in total. The SMILES string of the molecule is COc1ccc(COC(=O)NS(=O)(=O)NC[C@@H]2C[C@H](SC3=C(C(=O)O)N4C(=O)[C@H]([C@@H](C)O)[C@H]4[C@H]3C)CN2C(=O)OCc2ccc(OC)cc2)cc1. The molecule has 18 heteroatoms. The second-order valence-electron chi connectivity index (χ2n) is 12.3. The molecule has 2 aromatic carbocycles. The van der Waals surface area contributed by atoms with Crippen LogP contribution in [0.5, 0.6) is 11.5 Å². The van der Waals surface area contributed by atoms with Crippen molar-refractivity contribution < 1.29 is 56.8 Å². The quantitative estimate of drug-likeness (QED) is 0.205. The molecule has 0 saturated carbocycles. The van der Waals surface area contributed by atoms with Crippen LogP contribution in [0.3, 0.4) is 0 Å². The van der Waals surface area contributed by atoms with Crippen molar-refractivity contribution in [1.82, 2.24) is 19.2 Å². The minimum atomic E-state index is -4.44. The number of benzene rings is 2. The number of β-lactam (4-membered cyclic amide) rings is 1. The molecule has 0 aromatic heterocycles. The van der Waals surface area contributed by atoms with Crippen LogP contribution in [0.2, 0.25) is 0 Å². The van der Waals surface area contributed by atoms with Gasteiger partial charge in [0, 0.05) is 35.2 Å². The molecular weight excluding hydrogens is 709 g/mol. The van der Waals surface area contributed by atoms with Crippen molar-refractivity contribution in [3.05, 3.63) is 70.3 Å². The van der Waals surface area contributed by atoms with Crippen LogP contribution in [0.1, 0.15) is 31.4 Å². The van der Waals surface area contributed by atoms with Gasteiger partial charge in [0.25, 0.3) is 0 Å². The second kappa shape index (κ2) is 15.8. The molecule has 3 heterocycles. The number of rotatable bonds is 14. The summed E-state index contributed by atoms with van der Waals surface area (Å²) >= 11 is 1.20. The van der Waals surface area contributed by atoms with Crippen LogP contribution in [0.25, 0.3) is 0 Å².